The molecule has 3 N–H and O–H groups in total. The van der Waals surface area contributed by atoms with Gasteiger partial charge in [0.1, 0.15) is 11.6 Å². The second-order valence-corrected chi connectivity index (χ2v) is 13.6. The van der Waals surface area contributed by atoms with Crippen LogP contribution in [0.15, 0.2) is 67.0 Å². The van der Waals surface area contributed by atoms with Gasteiger partial charge in [-0.15, -0.1) is 0 Å². The number of nitrogens with one attached hydrogen (secondary N) is 1. The maximum absolute atomic E-state index is 14.2. The van der Waals surface area contributed by atoms with E-state index in [0.717, 1.165) is 77.3 Å². The van der Waals surface area contributed by atoms with E-state index in [-0.39, 0.29) is 24.3 Å². The largest absolute Gasteiger partial charge is 0.370 e. The van der Waals surface area contributed by atoms with E-state index in [2.05, 4.69) is 20.1 Å². The number of benzene rings is 2. The quantitative estimate of drug-likeness (QED) is 0.234. The number of fused-ring (bicyclic) bond motifs is 3. The first-order chi connectivity index (χ1) is 22.7. The van der Waals surface area contributed by atoms with Gasteiger partial charge in [0.05, 0.1) is 15.9 Å². The average molecular weight is 652 g/mol. The molecule has 47 heavy (non-hydrogen) atoms. The lowest BCUT2D eigenvalue weighted by Gasteiger charge is -2.35. The highest BCUT2D eigenvalue weighted by Gasteiger charge is 2.52. The minimum atomic E-state index is -0.701. The molecular weight excluding hydrogens is 620 g/mol. The van der Waals surface area contributed by atoms with Crippen molar-refractivity contribution >= 4 is 44.3 Å². The fraction of sp³-hybridized carbons (Fsp3) is 0.286. The topological polar surface area (TPSA) is 117 Å². The van der Waals surface area contributed by atoms with Crippen molar-refractivity contribution in [2.24, 2.45) is 5.73 Å². The van der Waals surface area contributed by atoms with Crippen LogP contribution in [0.3, 0.4) is 0 Å². The highest BCUT2D eigenvalue weighted by atomic mass is 32.1. The number of piperazine rings is 1. The Hall–Kier alpha value is -4.97. The Morgan fingerprint density at radius 1 is 0.936 bits per heavy atom. The van der Waals surface area contributed by atoms with E-state index in [1.165, 1.54) is 12.1 Å². The van der Waals surface area contributed by atoms with Crippen molar-refractivity contribution in [2.75, 3.05) is 36.0 Å². The van der Waals surface area contributed by atoms with Gasteiger partial charge in [-0.1, -0.05) is 23.5 Å². The average Bonchev–Trinajstić information content (AvgIpc) is 3.62. The predicted octanol–water partition coefficient (Wildman–Crippen LogP) is 5.29. The zero-order valence-corrected chi connectivity index (χ0v) is 26.2. The summed E-state index contributed by atoms with van der Waals surface area (Å²) in [6, 6.07) is 15.2. The molecule has 1 saturated heterocycles. The molecule has 2 aliphatic heterocycles. The van der Waals surface area contributed by atoms with Gasteiger partial charge in [-0.25, -0.2) is 13.8 Å². The van der Waals surface area contributed by atoms with Crippen LogP contribution in [0, 0.1) is 11.6 Å². The van der Waals surface area contributed by atoms with E-state index in [4.69, 9.17) is 15.7 Å². The molecule has 1 atom stereocenters. The van der Waals surface area contributed by atoms with Crippen LogP contribution in [0.2, 0.25) is 0 Å². The van der Waals surface area contributed by atoms with Gasteiger partial charge in [0.15, 0.2) is 10.8 Å². The lowest BCUT2D eigenvalue weighted by atomic mass is 9.87. The van der Waals surface area contributed by atoms with E-state index in [1.54, 1.807) is 23.7 Å². The molecule has 5 aromatic rings. The number of halogens is 2. The van der Waals surface area contributed by atoms with Crippen LogP contribution < -0.4 is 20.9 Å². The fourth-order valence-electron chi connectivity index (χ4n) is 6.96. The van der Waals surface area contributed by atoms with Crippen LogP contribution in [-0.4, -0.2) is 52.9 Å². The van der Waals surface area contributed by atoms with E-state index < -0.39 is 23.5 Å². The molecule has 1 saturated carbocycles. The number of hydrogen-bond acceptors (Lipinski definition) is 8. The van der Waals surface area contributed by atoms with Crippen molar-refractivity contribution in [3.63, 3.8) is 0 Å². The smallest absolute Gasteiger partial charge is 0.252 e. The van der Waals surface area contributed by atoms with Crippen molar-refractivity contribution in [1.82, 2.24) is 20.3 Å². The van der Waals surface area contributed by atoms with Gasteiger partial charge < -0.3 is 20.9 Å². The van der Waals surface area contributed by atoms with Crippen LogP contribution in [0.4, 0.5) is 19.6 Å². The van der Waals surface area contributed by atoms with E-state index >= 15 is 0 Å². The number of hydrogen-bond donors (Lipinski definition) is 2. The van der Waals surface area contributed by atoms with Crippen LogP contribution in [0.5, 0.6) is 0 Å². The molecular formula is C35H31F2N7O2S. The van der Waals surface area contributed by atoms with Crippen molar-refractivity contribution in [3.05, 3.63) is 101 Å². The summed E-state index contributed by atoms with van der Waals surface area (Å²) in [6.07, 6.45) is 5.45. The highest BCUT2D eigenvalue weighted by molar-refractivity contribution is 7.22. The number of carbonyl (C=O) groups is 2. The monoisotopic (exact) mass is 651 g/mol. The zero-order chi connectivity index (χ0) is 32.3. The molecule has 0 unspecified atom stereocenters. The van der Waals surface area contributed by atoms with Crippen LogP contribution >= 0.6 is 11.3 Å². The second kappa shape index (κ2) is 11.4. The molecule has 3 aliphatic rings. The Morgan fingerprint density at radius 2 is 1.66 bits per heavy atom. The van der Waals surface area contributed by atoms with Gasteiger partial charge in [-0.3, -0.25) is 14.6 Å². The summed E-state index contributed by atoms with van der Waals surface area (Å²) in [4.78, 5) is 44.0. The number of primary amides is 1. The molecule has 12 heteroatoms. The molecule has 0 bridgehead atoms. The lowest BCUT2D eigenvalue weighted by molar-refractivity contribution is -0.118. The van der Waals surface area contributed by atoms with Crippen molar-refractivity contribution in [3.8, 4) is 11.1 Å². The van der Waals surface area contributed by atoms with Crippen molar-refractivity contribution in [1.29, 1.82) is 0 Å². The summed E-state index contributed by atoms with van der Waals surface area (Å²) in [5, 5.41) is 3.97. The number of nitrogens with two attached hydrogens (primary N) is 1. The molecule has 2 fully saturated rings. The molecule has 9 nitrogen and oxygen atoms in total. The third kappa shape index (κ3) is 5.56. The highest BCUT2D eigenvalue weighted by Crippen LogP contribution is 2.51. The summed E-state index contributed by atoms with van der Waals surface area (Å²) in [7, 11) is 0. The Bertz CT molecular complexity index is 2020. The molecule has 3 aromatic heterocycles. The first-order valence-electron chi connectivity index (χ1n) is 15.7. The molecule has 5 heterocycles. The molecule has 8 rings (SSSR count). The summed E-state index contributed by atoms with van der Waals surface area (Å²) in [5.41, 5.74) is 11.2. The number of nitrogens with zero attached hydrogens (tertiary/aromatic N) is 5. The fourth-order valence-corrected chi connectivity index (χ4v) is 7.96. The van der Waals surface area contributed by atoms with Crippen LogP contribution in [-0.2, 0) is 16.8 Å². The third-order valence-corrected chi connectivity index (χ3v) is 10.5. The van der Waals surface area contributed by atoms with Gasteiger partial charge in [0, 0.05) is 73.8 Å². The van der Waals surface area contributed by atoms with E-state index in [1.807, 2.05) is 36.4 Å². The number of rotatable bonds is 8. The predicted molar refractivity (Wildman–Crippen MR) is 177 cm³/mol. The number of thiazole rings is 1. The number of carbonyl (C=O) groups excluding carboxylic acids is 2. The first kappa shape index (κ1) is 29.4. The summed E-state index contributed by atoms with van der Waals surface area (Å²) in [5.74, 6) is -2.67. The molecule has 238 valence electrons. The van der Waals surface area contributed by atoms with Crippen molar-refractivity contribution < 1.29 is 18.4 Å². The van der Waals surface area contributed by atoms with Crippen molar-refractivity contribution in [2.45, 2.75) is 37.1 Å². The maximum atomic E-state index is 14.2. The third-order valence-electron chi connectivity index (χ3n) is 9.41. The Balaban J connectivity index is 1.20. The molecule has 2 aromatic carbocycles. The first-order valence-corrected chi connectivity index (χ1v) is 16.5. The summed E-state index contributed by atoms with van der Waals surface area (Å²) < 4.78 is 29.3. The summed E-state index contributed by atoms with van der Waals surface area (Å²) >= 11 is 1.54. The number of aromatic nitrogens is 3. The van der Waals surface area contributed by atoms with Crippen LogP contribution in [0.25, 0.3) is 21.5 Å². The second-order valence-electron chi connectivity index (χ2n) is 12.6. The number of amides is 2. The van der Waals surface area contributed by atoms with Gasteiger partial charge >= 0.3 is 0 Å². The van der Waals surface area contributed by atoms with Gasteiger partial charge in [0.2, 0.25) is 5.91 Å². The molecule has 1 aliphatic carbocycles. The lowest BCUT2D eigenvalue weighted by Crippen LogP contribution is -2.46. The van der Waals surface area contributed by atoms with E-state index in [9.17, 15) is 18.4 Å². The molecule has 0 radical (unpaired) electrons. The molecule has 1 spiro atoms. The standard InChI is InChI=1S/C35H31F2N7O2S/c36-23-14-20(15-24(37)18-23)13-22(17-30(38)45)31-26(21-1-2-28-27(16-21)33(46)42-35(28)5-6-35)19-29-32(40-31)41-34(47-29)44-11-9-43(10-12-44)25-3-7-39-8-4-25/h1-4,7-8,14-16,18-19,22H,5-6,9-13,17H2,(H2,38,45)(H,42,46)/t22-/m0/s1. The van der Waals surface area contributed by atoms with E-state index in [0.29, 0.717) is 22.5 Å². The van der Waals surface area contributed by atoms with Gasteiger partial charge in [-0.05, 0) is 72.4 Å². The maximum Gasteiger partial charge on any atom is 0.252 e. The minimum absolute atomic E-state index is 0.0911. The Kier molecular flexibility index (Phi) is 7.12. The Morgan fingerprint density at radius 3 is 2.36 bits per heavy atom. The van der Waals surface area contributed by atoms with Crippen LogP contribution in [0.1, 0.15) is 52.4 Å². The SMILES string of the molecule is NC(=O)C[C@H](Cc1cc(F)cc(F)c1)c1nc2nc(N3CCN(c4ccncc4)CC3)sc2cc1-c1ccc2c(c1)C(=O)NC21CC1. The minimum Gasteiger partial charge on any atom is -0.370 e. The number of pyridine rings is 2. The zero-order valence-electron chi connectivity index (χ0n) is 25.4. The van der Waals surface area contributed by atoms with Gasteiger partial charge in [-0.2, -0.15) is 4.98 Å². The molecule has 2 amide bonds. The summed E-state index contributed by atoms with van der Waals surface area (Å²) in [6.45, 7) is 3.21. The van der Waals surface area contributed by atoms with Gasteiger partial charge in [0.25, 0.3) is 5.91 Å². The Labute approximate surface area is 273 Å². The number of anilines is 2. The normalized spacial score (nSPS) is 17.2.